The summed E-state index contributed by atoms with van der Waals surface area (Å²) in [6.07, 6.45) is 1.60. The molecule has 0 fully saturated rings. The molecule has 0 saturated heterocycles. The monoisotopic (exact) mass is 484 g/mol. The molecule has 0 atom stereocenters. The van der Waals surface area contributed by atoms with Gasteiger partial charge in [0.15, 0.2) is 10.9 Å². The van der Waals surface area contributed by atoms with E-state index < -0.39 is 0 Å². The number of furan rings is 1. The normalized spacial score (nSPS) is 11.2. The Hall–Kier alpha value is -3.15. The second-order valence-electron chi connectivity index (χ2n) is 7.27. The highest BCUT2D eigenvalue weighted by Crippen LogP contribution is 2.34. The number of hydrogen-bond donors (Lipinski definition) is 1. The number of aromatic nitrogens is 4. The zero-order valence-electron chi connectivity index (χ0n) is 18.5. The van der Waals surface area contributed by atoms with E-state index in [1.165, 1.54) is 23.1 Å². The fourth-order valence-corrected chi connectivity index (χ4v) is 4.79. The van der Waals surface area contributed by atoms with Gasteiger partial charge in [0, 0.05) is 18.5 Å². The van der Waals surface area contributed by atoms with Crippen LogP contribution in [0.4, 0.5) is 0 Å². The summed E-state index contributed by atoms with van der Waals surface area (Å²) in [6, 6.07) is 11.3. The topological polar surface area (TPSA) is 98.3 Å². The summed E-state index contributed by atoms with van der Waals surface area (Å²) in [5.74, 6) is 2.25. The molecule has 0 spiro atoms. The van der Waals surface area contributed by atoms with Gasteiger partial charge in [0.2, 0.25) is 5.82 Å². The summed E-state index contributed by atoms with van der Waals surface area (Å²) in [4.78, 5) is 18.8. The number of nitrogens with zero attached hydrogens (tertiary/aromatic N) is 5. The van der Waals surface area contributed by atoms with Crippen molar-refractivity contribution in [3.05, 3.63) is 58.7 Å². The Morgan fingerprint density at radius 2 is 2.09 bits per heavy atom. The average Bonchev–Trinajstić information content (AvgIpc) is 3.57. The second-order valence-corrected chi connectivity index (χ2v) is 9.15. The largest absolute Gasteiger partial charge is 0.495 e. The minimum atomic E-state index is -0.165. The minimum absolute atomic E-state index is 0.165. The highest BCUT2D eigenvalue weighted by atomic mass is 32.2. The van der Waals surface area contributed by atoms with Crippen molar-refractivity contribution in [2.75, 3.05) is 34.3 Å². The number of carbonyl (C=O) groups excluding carboxylic acids is 1. The molecule has 3 aromatic heterocycles. The van der Waals surface area contributed by atoms with Gasteiger partial charge in [-0.05, 0) is 38.4 Å². The van der Waals surface area contributed by atoms with Gasteiger partial charge in [-0.3, -0.25) is 9.36 Å². The van der Waals surface area contributed by atoms with Gasteiger partial charge in [0.25, 0.3) is 5.91 Å². The van der Waals surface area contributed by atoms with E-state index in [0.717, 1.165) is 17.2 Å². The maximum absolute atomic E-state index is 12.3. The lowest BCUT2D eigenvalue weighted by Gasteiger charge is -2.12. The van der Waals surface area contributed by atoms with Gasteiger partial charge in [0.1, 0.15) is 16.5 Å². The molecule has 0 saturated carbocycles. The average molecular weight is 485 g/mol. The number of amides is 1. The van der Waals surface area contributed by atoms with E-state index in [1.807, 2.05) is 60.0 Å². The first-order valence-corrected chi connectivity index (χ1v) is 12.1. The van der Waals surface area contributed by atoms with Crippen LogP contribution in [0.2, 0.25) is 0 Å². The number of likely N-dealkylation sites (N-methyl/N-ethyl adjacent to an activating group) is 1. The van der Waals surface area contributed by atoms with Gasteiger partial charge >= 0.3 is 0 Å². The van der Waals surface area contributed by atoms with Crippen molar-refractivity contribution in [3.63, 3.8) is 0 Å². The van der Waals surface area contributed by atoms with Crippen LogP contribution in [0.5, 0.6) is 5.75 Å². The zero-order chi connectivity index (χ0) is 23.2. The third-order valence-corrected chi connectivity index (χ3v) is 6.63. The molecule has 0 bridgehead atoms. The summed E-state index contributed by atoms with van der Waals surface area (Å²) in [7, 11) is 5.56. The molecule has 0 aliphatic carbocycles. The number of para-hydroxylation sites is 2. The summed E-state index contributed by atoms with van der Waals surface area (Å²) in [6.45, 7) is 1.35. The maximum atomic E-state index is 12.3. The third-order valence-electron chi connectivity index (χ3n) is 4.65. The predicted molar refractivity (Wildman–Crippen MR) is 128 cm³/mol. The van der Waals surface area contributed by atoms with E-state index in [1.54, 1.807) is 18.8 Å². The number of hydrogen-bond acceptors (Lipinski definition) is 9. The molecule has 4 aromatic rings. The fraction of sp³-hybridized carbons (Fsp3) is 0.273. The van der Waals surface area contributed by atoms with Crippen LogP contribution >= 0.6 is 23.1 Å². The third kappa shape index (κ3) is 5.44. The SMILES string of the molecule is COc1ccccc1-n1c(SCc2nc(C(=O)NCCN(C)C)cs2)nnc1-c1ccco1. The molecule has 1 aromatic carbocycles. The molecule has 3 heterocycles. The Labute approximate surface area is 199 Å². The lowest BCUT2D eigenvalue weighted by atomic mass is 10.3. The number of thiazole rings is 1. The number of ether oxygens (including phenoxy) is 1. The van der Waals surface area contributed by atoms with Crippen molar-refractivity contribution in [2.45, 2.75) is 10.9 Å². The summed E-state index contributed by atoms with van der Waals surface area (Å²) >= 11 is 2.93. The molecule has 1 amide bonds. The quantitative estimate of drug-likeness (QED) is 0.341. The van der Waals surface area contributed by atoms with Crippen LogP contribution in [0.15, 0.2) is 57.6 Å². The zero-order valence-corrected chi connectivity index (χ0v) is 20.2. The number of benzene rings is 1. The van der Waals surface area contributed by atoms with Gasteiger partial charge < -0.3 is 19.4 Å². The number of carbonyl (C=O) groups is 1. The molecule has 172 valence electrons. The predicted octanol–water partition coefficient (Wildman–Crippen LogP) is 3.58. The van der Waals surface area contributed by atoms with E-state index in [0.29, 0.717) is 40.5 Å². The van der Waals surface area contributed by atoms with Crippen LogP contribution in [0.25, 0.3) is 17.3 Å². The van der Waals surface area contributed by atoms with Gasteiger partial charge in [-0.15, -0.1) is 21.5 Å². The lowest BCUT2D eigenvalue weighted by molar-refractivity contribution is 0.0946. The number of methoxy groups -OCH3 is 1. The van der Waals surface area contributed by atoms with E-state index >= 15 is 0 Å². The van der Waals surface area contributed by atoms with E-state index in [4.69, 9.17) is 9.15 Å². The smallest absolute Gasteiger partial charge is 0.270 e. The molecule has 9 nitrogen and oxygen atoms in total. The highest BCUT2D eigenvalue weighted by Gasteiger charge is 2.21. The molecular formula is C22H24N6O3S2. The minimum Gasteiger partial charge on any atom is -0.495 e. The Morgan fingerprint density at radius 1 is 1.24 bits per heavy atom. The molecule has 33 heavy (non-hydrogen) atoms. The number of nitrogens with one attached hydrogen (secondary N) is 1. The molecule has 0 aliphatic heterocycles. The van der Waals surface area contributed by atoms with Gasteiger partial charge in [-0.1, -0.05) is 23.9 Å². The molecular weight excluding hydrogens is 460 g/mol. The van der Waals surface area contributed by atoms with Crippen LogP contribution in [0.1, 0.15) is 15.5 Å². The fourth-order valence-electron chi connectivity index (χ4n) is 3.05. The van der Waals surface area contributed by atoms with E-state index in [9.17, 15) is 4.79 Å². The Balaban J connectivity index is 1.54. The first-order valence-electron chi connectivity index (χ1n) is 10.2. The van der Waals surface area contributed by atoms with Crippen LogP contribution in [-0.2, 0) is 5.75 Å². The van der Waals surface area contributed by atoms with Gasteiger partial charge in [-0.25, -0.2) is 4.98 Å². The second kappa shape index (κ2) is 10.6. The highest BCUT2D eigenvalue weighted by molar-refractivity contribution is 7.98. The standard InChI is InChI=1S/C22H24N6O3S2/c1-27(2)11-10-23-21(29)15-13-32-19(24-15)14-33-22-26-25-20(18-9-6-12-31-18)28(22)16-7-4-5-8-17(16)30-3/h4-9,12-13H,10-11,14H2,1-3H3,(H,23,29). The molecule has 0 unspecified atom stereocenters. The van der Waals surface area contributed by atoms with Crippen LogP contribution in [-0.4, -0.2) is 64.9 Å². The van der Waals surface area contributed by atoms with Gasteiger partial charge in [-0.2, -0.15) is 0 Å². The van der Waals surface area contributed by atoms with Crippen LogP contribution < -0.4 is 10.1 Å². The van der Waals surface area contributed by atoms with Crippen molar-refractivity contribution in [1.29, 1.82) is 0 Å². The lowest BCUT2D eigenvalue weighted by Crippen LogP contribution is -2.31. The first kappa shape index (κ1) is 23.0. The van der Waals surface area contributed by atoms with Crippen molar-refractivity contribution in [1.82, 2.24) is 30.0 Å². The Bertz CT molecular complexity index is 1200. The number of thioether (sulfide) groups is 1. The van der Waals surface area contributed by atoms with Crippen LogP contribution in [0, 0.1) is 0 Å². The van der Waals surface area contributed by atoms with E-state index in [2.05, 4.69) is 20.5 Å². The maximum Gasteiger partial charge on any atom is 0.270 e. The van der Waals surface area contributed by atoms with E-state index in [-0.39, 0.29) is 5.91 Å². The molecule has 4 rings (SSSR count). The summed E-state index contributed by atoms with van der Waals surface area (Å²) in [5.41, 5.74) is 1.23. The van der Waals surface area contributed by atoms with Crippen molar-refractivity contribution in [3.8, 4) is 23.0 Å². The Morgan fingerprint density at radius 3 is 2.85 bits per heavy atom. The van der Waals surface area contributed by atoms with Crippen molar-refractivity contribution >= 4 is 29.0 Å². The summed E-state index contributed by atoms with van der Waals surface area (Å²) in [5, 5.41) is 14.9. The van der Waals surface area contributed by atoms with Crippen molar-refractivity contribution in [2.24, 2.45) is 0 Å². The molecule has 1 N–H and O–H groups in total. The number of rotatable bonds is 10. The van der Waals surface area contributed by atoms with Crippen molar-refractivity contribution < 1.29 is 13.9 Å². The molecule has 11 heteroatoms. The molecule has 0 aliphatic rings. The molecule has 0 radical (unpaired) electrons. The van der Waals surface area contributed by atoms with Gasteiger partial charge in [0.05, 0.1) is 24.8 Å². The van der Waals surface area contributed by atoms with Crippen LogP contribution in [0.3, 0.4) is 0 Å². The Kier molecular flexibility index (Phi) is 7.43. The first-order chi connectivity index (χ1) is 16.1. The summed E-state index contributed by atoms with van der Waals surface area (Å²) < 4.78 is 13.0.